The molecule has 3 saturated carbocycles. The van der Waals surface area contributed by atoms with Crippen molar-refractivity contribution in [2.45, 2.75) is 153 Å². The first-order valence-electron chi connectivity index (χ1n) is 17.3. The Morgan fingerprint density at radius 2 is 1.50 bits per heavy atom. The van der Waals surface area contributed by atoms with E-state index in [1.54, 1.807) is 27.7 Å². The lowest BCUT2D eigenvalue weighted by molar-refractivity contribution is -0.144. The Bertz CT molecular complexity index is 1220. The predicted molar refractivity (Wildman–Crippen MR) is 176 cm³/mol. The highest BCUT2D eigenvalue weighted by Crippen LogP contribution is 2.34. The van der Waals surface area contributed by atoms with E-state index in [2.05, 4.69) is 16.0 Å². The third kappa shape index (κ3) is 10.1. The fourth-order valence-electron chi connectivity index (χ4n) is 6.82. The Hall–Kier alpha value is -2.70. The second kappa shape index (κ2) is 15.9. The summed E-state index contributed by atoms with van der Waals surface area (Å²) in [7, 11) is -3.55. The number of Topliss-reactive ketones (excluding diaryl/α,β-unsaturated/α-hetero) is 1. The Morgan fingerprint density at radius 1 is 0.913 bits per heavy atom. The molecule has 13 heteroatoms. The number of hydrogen-bond donors (Lipinski definition) is 4. The first kappa shape index (κ1) is 37.8. The van der Waals surface area contributed by atoms with Gasteiger partial charge >= 0.3 is 6.03 Å². The zero-order valence-corrected chi connectivity index (χ0v) is 29.3. The van der Waals surface area contributed by atoms with Gasteiger partial charge in [-0.1, -0.05) is 58.3 Å². The molecule has 0 saturated heterocycles. The van der Waals surface area contributed by atoms with Crippen LogP contribution in [-0.4, -0.2) is 83.6 Å². The molecule has 12 nitrogen and oxygen atoms in total. The number of primary amides is 1. The van der Waals surface area contributed by atoms with Crippen LogP contribution in [0.1, 0.15) is 125 Å². The summed E-state index contributed by atoms with van der Waals surface area (Å²) >= 11 is 0. The van der Waals surface area contributed by atoms with Gasteiger partial charge in [-0.2, -0.15) is 0 Å². The van der Waals surface area contributed by atoms with Crippen molar-refractivity contribution in [3.63, 3.8) is 0 Å². The van der Waals surface area contributed by atoms with Crippen LogP contribution in [0.2, 0.25) is 0 Å². The van der Waals surface area contributed by atoms with Crippen LogP contribution < -0.4 is 21.7 Å². The first-order valence-corrected chi connectivity index (χ1v) is 18.9. The third-order valence-corrected chi connectivity index (χ3v) is 12.8. The van der Waals surface area contributed by atoms with Crippen LogP contribution in [0.15, 0.2) is 0 Å². The van der Waals surface area contributed by atoms with E-state index < -0.39 is 67.8 Å². The van der Waals surface area contributed by atoms with Gasteiger partial charge in [0.2, 0.25) is 17.6 Å². The Kier molecular flexibility index (Phi) is 13.1. The van der Waals surface area contributed by atoms with Gasteiger partial charge in [-0.15, -0.1) is 0 Å². The summed E-state index contributed by atoms with van der Waals surface area (Å²) in [6.07, 6.45) is 10.6. The van der Waals surface area contributed by atoms with E-state index >= 15 is 0 Å². The van der Waals surface area contributed by atoms with Crippen LogP contribution in [-0.2, 0) is 29.0 Å². The molecule has 0 aromatic heterocycles. The highest BCUT2D eigenvalue weighted by Gasteiger charge is 2.44. The number of urea groups is 1. The number of nitrogens with zero attached hydrogens (tertiary/aromatic N) is 1. The lowest BCUT2D eigenvalue weighted by atomic mass is 9.82. The first-order chi connectivity index (χ1) is 21.5. The summed E-state index contributed by atoms with van der Waals surface area (Å²) in [4.78, 5) is 67.2. The van der Waals surface area contributed by atoms with Gasteiger partial charge < -0.3 is 26.6 Å². The molecule has 5 N–H and O–H groups in total. The van der Waals surface area contributed by atoms with Crippen LogP contribution in [0.3, 0.4) is 0 Å². The second-order valence-electron chi connectivity index (χ2n) is 14.9. The highest BCUT2D eigenvalue weighted by molar-refractivity contribution is 7.92. The van der Waals surface area contributed by atoms with Gasteiger partial charge in [0, 0.05) is 6.54 Å². The molecule has 46 heavy (non-hydrogen) atoms. The Balaban J connectivity index is 1.83. The van der Waals surface area contributed by atoms with Gasteiger partial charge in [-0.3, -0.25) is 19.2 Å². The maximum Gasteiger partial charge on any atom is 0.315 e. The molecular formula is C33H57N5O7S. The molecule has 0 heterocycles. The zero-order valence-electron chi connectivity index (χ0n) is 28.5. The van der Waals surface area contributed by atoms with Gasteiger partial charge in [0.15, 0.2) is 9.84 Å². The largest absolute Gasteiger partial charge is 0.363 e. The van der Waals surface area contributed by atoms with Crippen molar-refractivity contribution in [1.82, 2.24) is 20.9 Å². The van der Waals surface area contributed by atoms with Crippen molar-refractivity contribution in [3.05, 3.63) is 0 Å². The van der Waals surface area contributed by atoms with Gasteiger partial charge in [-0.25, -0.2) is 13.2 Å². The van der Waals surface area contributed by atoms with Crippen molar-refractivity contribution in [2.24, 2.45) is 17.6 Å². The molecule has 3 aliphatic carbocycles. The van der Waals surface area contributed by atoms with Gasteiger partial charge in [0.25, 0.3) is 5.91 Å². The van der Waals surface area contributed by atoms with E-state index in [0.29, 0.717) is 25.7 Å². The SMILES string of the molecule is CCCN(C(=O)[C@@H](NC(=O)NC1(CS(=O)(=O)C(C)(C)C)CCCCC1)C1CCCCC1)[C@@H](C)C(=O)NC(CC1CC1)C(=O)C(N)=O. The fourth-order valence-corrected chi connectivity index (χ4v) is 8.34. The van der Waals surface area contributed by atoms with Crippen LogP contribution in [0.4, 0.5) is 4.79 Å². The van der Waals surface area contributed by atoms with Crippen LogP contribution in [0.25, 0.3) is 0 Å². The molecule has 0 aliphatic heterocycles. The summed E-state index contributed by atoms with van der Waals surface area (Å²) in [5.74, 6) is -3.02. The molecule has 0 aromatic rings. The number of sulfone groups is 1. The Labute approximate surface area is 275 Å². The fraction of sp³-hybridized carbons (Fsp3) is 0.848. The number of amides is 5. The molecule has 0 aromatic carbocycles. The number of ketones is 1. The monoisotopic (exact) mass is 667 g/mol. The van der Waals surface area contributed by atoms with E-state index in [1.807, 2.05) is 6.92 Å². The van der Waals surface area contributed by atoms with Crippen molar-refractivity contribution in [2.75, 3.05) is 12.3 Å². The van der Waals surface area contributed by atoms with Crippen LogP contribution in [0, 0.1) is 11.8 Å². The lowest BCUT2D eigenvalue weighted by Gasteiger charge is -2.41. The number of hydrogen-bond acceptors (Lipinski definition) is 7. The van der Waals surface area contributed by atoms with Crippen molar-refractivity contribution in [3.8, 4) is 0 Å². The number of nitrogens with two attached hydrogens (primary N) is 1. The standard InChI is InChI=1S/C33H57N5O7S/c1-6-19-38(22(2)29(41)35-25(20-23-15-16-23)27(39)28(34)40)30(42)26(24-13-9-7-10-14-24)36-31(43)37-33(17-11-8-12-18-33)21-46(44,45)32(3,4)5/h22-26H,6-21H2,1-5H3,(H2,34,40)(H,35,41)(H2,36,37,43)/t22-,25?,26-/m0/s1. The minimum atomic E-state index is -3.55. The molecule has 3 atom stereocenters. The molecular weight excluding hydrogens is 610 g/mol. The van der Waals surface area contributed by atoms with E-state index in [9.17, 15) is 32.4 Å². The Morgan fingerprint density at radius 3 is 2.02 bits per heavy atom. The summed E-state index contributed by atoms with van der Waals surface area (Å²) in [5, 5.41) is 8.64. The molecule has 5 amide bonds. The molecule has 3 rings (SSSR count). The maximum absolute atomic E-state index is 14.3. The average molecular weight is 668 g/mol. The minimum absolute atomic E-state index is 0.152. The molecule has 0 radical (unpaired) electrons. The number of rotatable bonds is 15. The average Bonchev–Trinajstić information content (AvgIpc) is 3.81. The minimum Gasteiger partial charge on any atom is -0.363 e. The summed E-state index contributed by atoms with van der Waals surface area (Å²) in [5.41, 5.74) is 4.32. The third-order valence-electron chi connectivity index (χ3n) is 10.00. The highest BCUT2D eigenvalue weighted by atomic mass is 32.2. The molecule has 3 fully saturated rings. The second-order valence-corrected chi connectivity index (χ2v) is 17.6. The quantitative estimate of drug-likeness (QED) is 0.193. The summed E-state index contributed by atoms with van der Waals surface area (Å²) < 4.78 is 25.6. The topological polar surface area (TPSA) is 185 Å². The molecule has 3 aliphatic rings. The number of carbonyl (C=O) groups is 5. The van der Waals surface area contributed by atoms with E-state index in [0.717, 1.165) is 64.2 Å². The van der Waals surface area contributed by atoms with Gasteiger partial charge in [0.05, 0.1) is 22.1 Å². The van der Waals surface area contributed by atoms with Crippen molar-refractivity contribution in [1.29, 1.82) is 0 Å². The van der Waals surface area contributed by atoms with Crippen LogP contribution >= 0.6 is 0 Å². The zero-order chi connectivity index (χ0) is 34.3. The predicted octanol–water partition coefficient (Wildman–Crippen LogP) is 3.12. The van der Waals surface area contributed by atoms with E-state index in [-0.39, 0.29) is 24.1 Å². The van der Waals surface area contributed by atoms with E-state index in [4.69, 9.17) is 5.73 Å². The smallest absolute Gasteiger partial charge is 0.315 e. The summed E-state index contributed by atoms with van der Waals surface area (Å²) in [6, 6.07) is -3.53. The maximum atomic E-state index is 14.3. The van der Waals surface area contributed by atoms with Gasteiger partial charge in [-0.05, 0) is 78.1 Å². The number of nitrogens with one attached hydrogen (secondary N) is 3. The van der Waals surface area contributed by atoms with Crippen molar-refractivity contribution < 1.29 is 32.4 Å². The lowest BCUT2D eigenvalue weighted by Crippen LogP contribution is -2.63. The normalized spacial score (nSPS) is 20.9. The molecule has 0 bridgehead atoms. The van der Waals surface area contributed by atoms with Crippen molar-refractivity contribution >= 4 is 39.4 Å². The van der Waals surface area contributed by atoms with E-state index in [1.165, 1.54) is 4.90 Å². The van der Waals surface area contributed by atoms with Gasteiger partial charge in [0.1, 0.15) is 12.1 Å². The molecule has 262 valence electrons. The summed E-state index contributed by atoms with van der Waals surface area (Å²) in [6.45, 7) is 8.69. The molecule has 1 unspecified atom stereocenters. The number of carbonyl (C=O) groups excluding carboxylic acids is 5. The van der Waals surface area contributed by atoms with Crippen LogP contribution in [0.5, 0.6) is 0 Å². The molecule has 0 spiro atoms.